The van der Waals surface area contributed by atoms with Crippen molar-refractivity contribution < 1.29 is 23.6 Å². The summed E-state index contributed by atoms with van der Waals surface area (Å²) in [4.78, 5) is 24.7. The number of carbonyl (C=O) groups is 1. The zero-order valence-electron chi connectivity index (χ0n) is 31.1. The first-order valence-corrected chi connectivity index (χ1v) is 19.1. The summed E-state index contributed by atoms with van der Waals surface area (Å²) < 4.78 is 36.8. The second-order valence-corrected chi connectivity index (χ2v) is 16.4. The highest BCUT2D eigenvalue weighted by Gasteiger charge is 2.30. The van der Waals surface area contributed by atoms with Crippen LogP contribution in [0.25, 0.3) is 33.0 Å². The number of methoxy groups -OCH3 is 2. The number of fused-ring (bicyclic) bond motifs is 1. The van der Waals surface area contributed by atoms with Gasteiger partial charge in [-0.1, -0.05) is 30.3 Å². The molecule has 0 fully saturated rings. The summed E-state index contributed by atoms with van der Waals surface area (Å²) in [5.41, 5.74) is 5.20. The summed E-state index contributed by atoms with van der Waals surface area (Å²) in [6.45, 7) is 11.1. The number of nitrogens with one attached hydrogen (secondary N) is 2. The van der Waals surface area contributed by atoms with Crippen molar-refractivity contribution >= 4 is 39.5 Å². The predicted molar refractivity (Wildman–Crippen MR) is 207 cm³/mol. The number of hydrogen-bond acceptors (Lipinski definition) is 11. The van der Waals surface area contributed by atoms with Crippen LogP contribution in [0.3, 0.4) is 0 Å². The van der Waals surface area contributed by atoms with Crippen molar-refractivity contribution in [3.8, 4) is 39.3 Å². The van der Waals surface area contributed by atoms with Crippen LogP contribution in [0.1, 0.15) is 59.9 Å². The highest BCUT2D eigenvalue weighted by Crippen LogP contribution is 2.41. The lowest BCUT2D eigenvalue weighted by molar-refractivity contribution is 0.0946. The molecule has 0 saturated carbocycles. The van der Waals surface area contributed by atoms with Gasteiger partial charge in [0.2, 0.25) is 0 Å². The van der Waals surface area contributed by atoms with Crippen molar-refractivity contribution in [2.24, 2.45) is 7.05 Å². The van der Waals surface area contributed by atoms with Crippen molar-refractivity contribution in [2.45, 2.75) is 65.6 Å². The van der Waals surface area contributed by atoms with Crippen LogP contribution >= 0.6 is 11.3 Å². The van der Waals surface area contributed by atoms with E-state index in [4.69, 9.17) is 29.3 Å². The maximum Gasteiger partial charge on any atom is 0.270 e. The Morgan fingerprint density at radius 3 is 2.49 bits per heavy atom. The highest BCUT2D eigenvalue weighted by atomic mass is 32.2. The summed E-state index contributed by atoms with van der Waals surface area (Å²) in [6.07, 6.45) is 1.72. The largest absolute Gasteiger partial charge is 0.598 e. The van der Waals surface area contributed by atoms with Crippen LogP contribution in [0.2, 0.25) is 0 Å². The zero-order valence-corrected chi connectivity index (χ0v) is 32.8. The molecule has 0 aliphatic rings. The van der Waals surface area contributed by atoms with Crippen LogP contribution in [-0.2, 0) is 44.7 Å². The Labute approximate surface area is 316 Å². The number of benzene rings is 2. The van der Waals surface area contributed by atoms with Crippen molar-refractivity contribution in [1.29, 1.82) is 0 Å². The van der Waals surface area contributed by atoms with E-state index in [1.165, 1.54) is 11.3 Å². The number of amides is 1. The lowest BCUT2D eigenvalue weighted by atomic mass is 10.1. The van der Waals surface area contributed by atoms with Gasteiger partial charge in [-0.2, -0.15) is 10.2 Å². The number of rotatable bonds is 14. The molecule has 2 N–H and O–H groups in total. The number of hydrogen-bond donors (Lipinski definition) is 2. The van der Waals surface area contributed by atoms with Gasteiger partial charge in [0.05, 0.1) is 37.4 Å². The summed E-state index contributed by atoms with van der Waals surface area (Å²) in [7, 11) is 4.97. The topological polar surface area (TPSA) is 153 Å². The fourth-order valence-electron chi connectivity index (χ4n) is 5.71. The number of carbonyl (C=O) groups excluding carboxylic acids is 1. The van der Waals surface area contributed by atoms with Crippen LogP contribution in [0.5, 0.6) is 17.2 Å². The van der Waals surface area contributed by atoms with Crippen LogP contribution in [0.4, 0.5) is 0 Å². The maximum absolute atomic E-state index is 13.8. The molecule has 15 heteroatoms. The second-order valence-electron chi connectivity index (χ2n) is 13.3. The number of nitrogens with zero attached hydrogens (tertiary/aromatic N) is 6. The van der Waals surface area contributed by atoms with Gasteiger partial charge in [-0.15, -0.1) is 16.1 Å². The molecule has 4 heterocycles. The Hall–Kier alpha value is -4.96. The SMILES string of the molecule is CCn1nc(C)c(OCc2ccccc2)c1-c1nc(-c2nc(C(=O)NCc3ccc(OC)cc3OC)cc3c2cnn3C)c(CN[S+]([O-])C(C)(C)C)s1. The molecule has 0 saturated heterocycles. The van der Waals surface area contributed by atoms with Gasteiger partial charge >= 0.3 is 0 Å². The molecule has 53 heavy (non-hydrogen) atoms. The summed E-state index contributed by atoms with van der Waals surface area (Å²) >= 11 is 0.0807. The van der Waals surface area contributed by atoms with E-state index < -0.39 is 16.1 Å². The van der Waals surface area contributed by atoms with E-state index in [0.717, 1.165) is 32.8 Å². The molecule has 1 unspecified atom stereocenters. The minimum atomic E-state index is -1.36. The molecule has 1 atom stereocenters. The summed E-state index contributed by atoms with van der Waals surface area (Å²) in [5.74, 6) is 1.49. The molecule has 0 bridgehead atoms. The van der Waals surface area contributed by atoms with E-state index in [2.05, 4.69) is 15.1 Å². The van der Waals surface area contributed by atoms with E-state index in [-0.39, 0.29) is 24.7 Å². The van der Waals surface area contributed by atoms with Crippen molar-refractivity contribution in [3.05, 3.63) is 88.2 Å². The summed E-state index contributed by atoms with van der Waals surface area (Å²) in [5, 5.41) is 13.7. The average molecular weight is 757 g/mol. The first-order valence-electron chi connectivity index (χ1n) is 17.1. The van der Waals surface area contributed by atoms with Crippen LogP contribution in [-0.4, -0.2) is 59.0 Å². The highest BCUT2D eigenvalue weighted by molar-refractivity contribution is 7.90. The van der Waals surface area contributed by atoms with Gasteiger partial charge < -0.3 is 24.1 Å². The number of pyridine rings is 1. The molecule has 0 spiro atoms. The Kier molecular flexibility index (Phi) is 11.4. The zero-order chi connectivity index (χ0) is 37.9. The van der Waals surface area contributed by atoms with Crippen LogP contribution in [0, 0.1) is 6.92 Å². The van der Waals surface area contributed by atoms with E-state index in [9.17, 15) is 9.35 Å². The number of aromatic nitrogens is 6. The molecule has 4 aromatic heterocycles. The minimum Gasteiger partial charge on any atom is -0.598 e. The van der Waals surface area contributed by atoms with E-state index in [1.54, 1.807) is 37.2 Å². The Morgan fingerprint density at radius 1 is 1.02 bits per heavy atom. The Morgan fingerprint density at radius 2 is 1.79 bits per heavy atom. The maximum atomic E-state index is 13.8. The first-order chi connectivity index (χ1) is 25.4. The first kappa shape index (κ1) is 37.8. The molecule has 0 aliphatic carbocycles. The molecule has 2 aromatic carbocycles. The number of aryl methyl sites for hydroxylation is 3. The standard InChI is InChI=1S/C38H44N8O5S2/c1-9-46-34(35(23(2)44-46)51-22-24-13-11-10-12-14-24)37-43-33(31(52-37)21-41-53(48)38(3,4)5)32-27-20-40-45(6)29(27)18-28(42-32)36(47)39-19-25-15-16-26(49-7)17-30(25)50-8/h10-18,20,41H,9,19,21-22H2,1-8H3,(H,39,47). The van der Waals surface area contributed by atoms with E-state index in [0.29, 0.717) is 52.3 Å². The third kappa shape index (κ3) is 8.18. The smallest absolute Gasteiger partial charge is 0.270 e. The average Bonchev–Trinajstić information content (AvgIpc) is 3.85. The van der Waals surface area contributed by atoms with Gasteiger partial charge in [-0.05, 0) is 58.4 Å². The number of ether oxygens (including phenoxy) is 3. The van der Waals surface area contributed by atoms with Crippen LogP contribution in [0.15, 0.2) is 60.8 Å². The molecule has 6 rings (SSSR count). The fourth-order valence-corrected chi connectivity index (χ4v) is 7.56. The minimum absolute atomic E-state index is 0.191. The Balaban J connectivity index is 1.43. The lowest BCUT2D eigenvalue weighted by Crippen LogP contribution is -2.38. The van der Waals surface area contributed by atoms with Gasteiger partial charge in [0, 0.05) is 48.5 Å². The molecule has 0 radical (unpaired) electrons. The molecule has 0 aliphatic heterocycles. The second kappa shape index (κ2) is 16.0. The monoisotopic (exact) mass is 756 g/mol. The third-order valence-corrected chi connectivity index (χ3v) is 11.1. The van der Waals surface area contributed by atoms with Gasteiger partial charge in [0.1, 0.15) is 56.3 Å². The van der Waals surface area contributed by atoms with Gasteiger partial charge in [-0.25, -0.2) is 9.97 Å². The third-order valence-electron chi connectivity index (χ3n) is 8.55. The summed E-state index contributed by atoms with van der Waals surface area (Å²) in [6, 6.07) is 17.1. The molecule has 13 nitrogen and oxygen atoms in total. The van der Waals surface area contributed by atoms with Crippen molar-refractivity contribution in [3.63, 3.8) is 0 Å². The van der Waals surface area contributed by atoms with Crippen molar-refractivity contribution in [2.75, 3.05) is 14.2 Å². The normalized spacial score (nSPS) is 12.2. The number of thiazole rings is 1. The lowest BCUT2D eigenvalue weighted by Gasteiger charge is -2.23. The van der Waals surface area contributed by atoms with Gasteiger partial charge in [0.25, 0.3) is 5.91 Å². The molecular formula is C38H44N8O5S2. The van der Waals surface area contributed by atoms with Crippen LogP contribution < -0.4 is 24.2 Å². The van der Waals surface area contributed by atoms with Gasteiger partial charge in [-0.3, -0.25) is 14.2 Å². The molecular weight excluding hydrogens is 713 g/mol. The molecule has 1 amide bonds. The quantitative estimate of drug-likeness (QED) is 0.120. The Bertz CT molecular complexity index is 2230. The fraction of sp³-hybridized carbons (Fsp3) is 0.342. The predicted octanol–water partition coefficient (Wildman–Crippen LogP) is 6.36. The molecule has 278 valence electrons. The van der Waals surface area contributed by atoms with Crippen molar-refractivity contribution in [1.82, 2.24) is 39.6 Å². The molecule has 6 aromatic rings. The van der Waals surface area contributed by atoms with Gasteiger partial charge in [0.15, 0.2) is 5.75 Å². The van der Waals surface area contributed by atoms with E-state index in [1.807, 2.05) is 88.8 Å². The van der Waals surface area contributed by atoms with E-state index >= 15 is 0 Å².